The second kappa shape index (κ2) is 6.27. The number of carbonyl (C=O) groups is 1. The lowest BCUT2D eigenvalue weighted by Gasteiger charge is -1.89. The van der Waals surface area contributed by atoms with E-state index in [1.54, 1.807) is 0 Å². The maximum atomic E-state index is 10.3. The summed E-state index contributed by atoms with van der Waals surface area (Å²) >= 11 is 0. The first-order valence-corrected chi connectivity index (χ1v) is 2.95. The lowest BCUT2D eigenvalue weighted by molar-refractivity contribution is -0.118. The van der Waals surface area contributed by atoms with Gasteiger partial charge in [0.25, 0.3) is 0 Å². The van der Waals surface area contributed by atoms with Gasteiger partial charge in [-0.2, -0.15) is 0 Å². The zero-order valence-corrected chi connectivity index (χ0v) is 6.19. The minimum Gasteiger partial charge on any atom is -0.345 e. The lowest BCUT2D eigenvalue weighted by Crippen LogP contribution is -2.19. The molecule has 1 amide bonds. The quantitative estimate of drug-likeness (QED) is 0.507. The number of carbonyl (C=O) groups excluding carboxylic acids is 1. The maximum absolute atomic E-state index is 10.3. The van der Waals surface area contributed by atoms with Gasteiger partial charge in [0, 0.05) is 6.92 Å². The summed E-state index contributed by atoms with van der Waals surface area (Å²) in [5, 5.41) is 2.49. The highest BCUT2D eigenvalue weighted by atomic mass is 16.1. The molecule has 0 bridgehead atoms. The summed E-state index contributed by atoms with van der Waals surface area (Å²) < 4.78 is 0. The zero-order chi connectivity index (χ0) is 8.53. The molecule has 2 heteroatoms. The fourth-order valence-corrected chi connectivity index (χ4v) is 0.324. The molecule has 2 nitrogen and oxygen atoms in total. The van der Waals surface area contributed by atoms with Crippen LogP contribution in [0.15, 0.2) is 0 Å². The smallest absolute Gasteiger partial charge is 0.217 e. The van der Waals surface area contributed by atoms with E-state index < -0.39 is 0 Å². The van der Waals surface area contributed by atoms with E-state index in [9.17, 15) is 4.79 Å². The minimum atomic E-state index is -0.107. The van der Waals surface area contributed by atoms with Crippen LogP contribution >= 0.6 is 0 Å². The van der Waals surface area contributed by atoms with Gasteiger partial charge in [0.15, 0.2) is 0 Å². The van der Waals surface area contributed by atoms with Crippen LogP contribution in [-0.4, -0.2) is 12.5 Å². The van der Waals surface area contributed by atoms with Gasteiger partial charge in [0.1, 0.15) is 0 Å². The number of rotatable bonds is 1. The minimum absolute atomic E-state index is 0.107. The molecule has 0 fully saturated rings. The van der Waals surface area contributed by atoms with Crippen LogP contribution < -0.4 is 5.32 Å². The number of amides is 1. The van der Waals surface area contributed by atoms with Gasteiger partial charge in [-0.3, -0.25) is 4.79 Å². The molecule has 11 heavy (non-hydrogen) atoms. The fraction of sp³-hybridized carbons (Fsp3) is 0.222. The summed E-state index contributed by atoms with van der Waals surface area (Å²) in [7, 11) is 0. The van der Waals surface area contributed by atoms with Gasteiger partial charge >= 0.3 is 0 Å². The summed E-state index contributed by atoms with van der Waals surface area (Å²) in [4.78, 5) is 10.3. The van der Waals surface area contributed by atoms with Gasteiger partial charge in [-0.1, -0.05) is 5.92 Å². The molecule has 0 atom stereocenters. The Morgan fingerprint density at radius 1 is 1.45 bits per heavy atom. The Kier molecular flexibility index (Phi) is 5.22. The Morgan fingerprint density at radius 2 is 2.18 bits per heavy atom. The predicted octanol–water partition coefficient (Wildman–Crippen LogP) is -0.238. The van der Waals surface area contributed by atoms with Crippen molar-refractivity contribution in [1.82, 2.24) is 5.32 Å². The van der Waals surface area contributed by atoms with Crippen LogP contribution in [0, 0.1) is 36.0 Å². The second-order valence-corrected chi connectivity index (χ2v) is 1.61. The maximum Gasteiger partial charge on any atom is 0.217 e. The number of nitrogens with one attached hydrogen (secondary N) is 1. The molecule has 0 spiro atoms. The molecule has 0 aromatic rings. The molecule has 0 unspecified atom stereocenters. The van der Waals surface area contributed by atoms with Crippen LogP contribution in [0.1, 0.15) is 6.92 Å². The molecule has 0 aromatic heterocycles. The average molecular weight is 145 g/mol. The molecule has 0 radical (unpaired) electrons. The molecule has 0 rings (SSSR count). The SMILES string of the molecule is C#CC#CC#CCNC(C)=O. The van der Waals surface area contributed by atoms with Gasteiger partial charge in [-0.15, -0.1) is 6.42 Å². The molecule has 0 aliphatic heterocycles. The largest absolute Gasteiger partial charge is 0.345 e. The Balaban J connectivity index is 3.59. The zero-order valence-electron chi connectivity index (χ0n) is 6.19. The van der Waals surface area contributed by atoms with Gasteiger partial charge in [-0.05, 0) is 23.7 Å². The number of terminal acetylenes is 1. The standard InChI is InChI=1S/C9H7NO/c1-3-4-5-6-7-8-10-9(2)11/h1H,8H2,2H3,(H,10,11). The third-order valence-corrected chi connectivity index (χ3v) is 0.711. The molecule has 0 saturated carbocycles. The van der Waals surface area contributed by atoms with E-state index >= 15 is 0 Å². The molecular formula is C9H7NO. The van der Waals surface area contributed by atoms with Crippen molar-refractivity contribution >= 4 is 5.91 Å². The fourth-order valence-electron chi connectivity index (χ4n) is 0.324. The van der Waals surface area contributed by atoms with Gasteiger partial charge < -0.3 is 5.32 Å². The highest BCUT2D eigenvalue weighted by Crippen LogP contribution is 1.58. The lowest BCUT2D eigenvalue weighted by atomic mass is 10.5. The van der Waals surface area contributed by atoms with Crippen LogP contribution in [-0.2, 0) is 4.79 Å². The molecule has 0 aromatic carbocycles. The van der Waals surface area contributed by atoms with Crippen LogP contribution in [0.25, 0.3) is 0 Å². The summed E-state index contributed by atoms with van der Waals surface area (Å²) in [5.41, 5.74) is 0. The first-order chi connectivity index (χ1) is 5.27. The molecule has 54 valence electrons. The summed E-state index contributed by atoms with van der Waals surface area (Å²) in [6.07, 6.45) is 4.83. The van der Waals surface area contributed by atoms with Gasteiger partial charge in [0.2, 0.25) is 5.91 Å². The van der Waals surface area contributed by atoms with Gasteiger partial charge in [-0.25, -0.2) is 0 Å². The van der Waals surface area contributed by atoms with E-state index in [1.807, 2.05) is 0 Å². The Labute approximate surface area is 66.4 Å². The topological polar surface area (TPSA) is 29.1 Å². The summed E-state index contributed by atoms with van der Waals surface area (Å²) in [6.45, 7) is 1.74. The molecule has 0 aliphatic carbocycles. The Bertz CT molecular complexity index is 287. The summed E-state index contributed by atoms with van der Waals surface area (Å²) in [5.74, 6) is 11.8. The highest BCUT2D eigenvalue weighted by Gasteiger charge is 1.82. The monoisotopic (exact) mass is 145 g/mol. The van der Waals surface area contributed by atoms with Crippen molar-refractivity contribution in [2.45, 2.75) is 6.92 Å². The summed E-state index contributed by atoms with van der Waals surface area (Å²) in [6, 6.07) is 0. The Morgan fingerprint density at radius 3 is 2.73 bits per heavy atom. The van der Waals surface area contributed by atoms with Crippen molar-refractivity contribution in [2.24, 2.45) is 0 Å². The van der Waals surface area contributed by atoms with Gasteiger partial charge in [0.05, 0.1) is 6.54 Å². The Hall–Kier alpha value is -1.85. The first-order valence-electron chi connectivity index (χ1n) is 2.95. The van der Waals surface area contributed by atoms with E-state index in [0.717, 1.165) is 0 Å². The van der Waals surface area contributed by atoms with E-state index in [0.29, 0.717) is 6.54 Å². The van der Waals surface area contributed by atoms with E-state index in [2.05, 4.69) is 34.9 Å². The van der Waals surface area contributed by atoms with Crippen molar-refractivity contribution in [3.8, 4) is 36.0 Å². The molecule has 0 saturated heterocycles. The van der Waals surface area contributed by atoms with Crippen molar-refractivity contribution in [3.05, 3.63) is 0 Å². The van der Waals surface area contributed by atoms with Crippen molar-refractivity contribution < 1.29 is 4.79 Å². The van der Waals surface area contributed by atoms with Crippen molar-refractivity contribution in [1.29, 1.82) is 0 Å². The van der Waals surface area contributed by atoms with Crippen molar-refractivity contribution in [2.75, 3.05) is 6.54 Å². The molecule has 1 N–H and O–H groups in total. The predicted molar refractivity (Wildman–Crippen MR) is 43.1 cm³/mol. The van der Waals surface area contributed by atoms with E-state index in [1.165, 1.54) is 6.92 Å². The van der Waals surface area contributed by atoms with Crippen LogP contribution in [0.3, 0.4) is 0 Å². The second-order valence-electron chi connectivity index (χ2n) is 1.61. The van der Waals surface area contributed by atoms with E-state index in [4.69, 9.17) is 6.42 Å². The average Bonchev–Trinajstić information content (AvgIpc) is 1.96. The third kappa shape index (κ3) is 8.15. The van der Waals surface area contributed by atoms with Crippen LogP contribution in [0.5, 0.6) is 0 Å². The first kappa shape index (κ1) is 9.15. The van der Waals surface area contributed by atoms with E-state index in [-0.39, 0.29) is 5.91 Å². The van der Waals surface area contributed by atoms with Crippen molar-refractivity contribution in [3.63, 3.8) is 0 Å². The number of hydrogen-bond acceptors (Lipinski definition) is 1. The molecular weight excluding hydrogens is 138 g/mol. The van der Waals surface area contributed by atoms with Crippen LogP contribution in [0.4, 0.5) is 0 Å². The molecule has 0 aliphatic rings. The van der Waals surface area contributed by atoms with Crippen LogP contribution in [0.2, 0.25) is 0 Å². The third-order valence-electron chi connectivity index (χ3n) is 0.711. The number of hydrogen-bond donors (Lipinski definition) is 1. The molecule has 0 heterocycles. The highest BCUT2D eigenvalue weighted by molar-refractivity contribution is 5.73. The normalized spacial score (nSPS) is 5.82.